The number of para-hydroxylation sites is 1. The lowest BCUT2D eigenvalue weighted by Gasteiger charge is -2.17. The van der Waals surface area contributed by atoms with Gasteiger partial charge in [-0.15, -0.1) is 11.3 Å². The maximum Gasteiger partial charge on any atom is 0.245 e. The fourth-order valence-corrected chi connectivity index (χ4v) is 3.81. The number of thiazole rings is 1. The van der Waals surface area contributed by atoms with Crippen molar-refractivity contribution in [2.24, 2.45) is 0 Å². The Kier molecular flexibility index (Phi) is 3.88. The third-order valence-corrected chi connectivity index (χ3v) is 5.62. The minimum atomic E-state index is -3.58. The van der Waals surface area contributed by atoms with Gasteiger partial charge in [-0.1, -0.05) is 12.1 Å². The van der Waals surface area contributed by atoms with E-state index in [2.05, 4.69) is 4.98 Å². The number of aryl methyl sites for hydroxylation is 1. The van der Waals surface area contributed by atoms with E-state index >= 15 is 0 Å². The number of rotatable bonds is 4. The van der Waals surface area contributed by atoms with Gasteiger partial charge in [0.05, 0.1) is 16.9 Å². The van der Waals surface area contributed by atoms with Crippen molar-refractivity contribution in [3.8, 4) is 0 Å². The van der Waals surface area contributed by atoms with E-state index in [0.717, 1.165) is 10.6 Å². The smallest absolute Gasteiger partial charge is 0.245 e. The van der Waals surface area contributed by atoms with Crippen LogP contribution in [0, 0.1) is 6.92 Å². The molecule has 1 aromatic carbocycles. The van der Waals surface area contributed by atoms with Crippen LogP contribution < -0.4 is 5.73 Å². The predicted molar refractivity (Wildman–Crippen MR) is 76.4 cm³/mol. The molecular weight excluding hydrogens is 282 g/mol. The second kappa shape index (κ2) is 5.28. The lowest BCUT2D eigenvalue weighted by molar-refractivity contribution is 0.469. The number of nitrogen functional groups attached to an aromatic ring is 1. The van der Waals surface area contributed by atoms with Crippen LogP contribution in [0.25, 0.3) is 0 Å². The summed E-state index contributed by atoms with van der Waals surface area (Å²) in [6, 6.07) is 6.47. The van der Waals surface area contributed by atoms with Gasteiger partial charge in [0, 0.05) is 18.5 Å². The molecule has 0 radical (unpaired) electrons. The van der Waals surface area contributed by atoms with Crippen LogP contribution in [0.1, 0.15) is 10.6 Å². The van der Waals surface area contributed by atoms with Gasteiger partial charge in [-0.3, -0.25) is 0 Å². The Balaban J connectivity index is 2.30. The zero-order valence-electron chi connectivity index (χ0n) is 10.7. The summed E-state index contributed by atoms with van der Waals surface area (Å²) in [5.41, 5.74) is 8.56. The SMILES string of the molecule is Cc1ncsc1CN(C)S(=O)(=O)c1ccccc1N. The first-order valence-corrected chi connectivity index (χ1v) is 7.94. The van der Waals surface area contributed by atoms with Crippen LogP contribution in [0.15, 0.2) is 34.7 Å². The zero-order valence-corrected chi connectivity index (χ0v) is 12.3. The first-order chi connectivity index (χ1) is 8.93. The van der Waals surface area contributed by atoms with E-state index in [1.165, 1.54) is 21.7 Å². The number of aromatic nitrogens is 1. The number of anilines is 1. The average Bonchev–Trinajstić information content (AvgIpc) is 2.75. The number of benzene rings is 1. The van der Waals surface area contributed by atoms with Gasteiger partial charge in [-0.2, -0.15) is 4.31 Å². The van der Waals surface area contributed by atoms with Crippen molar-refractivity contribution in [1.29, 1.82) is 0 Å². The van der Waals surface area contributed by atoms with E-state index < -0.39 is 10.0 Å². The molecule has 19 heavy (non-hydrogen) atoms. The van der Waals surface area contributed by atoms with E-state index in [1.807, 2.05) is 6.92 Å². The van der Waals surface area contributed by atoms with Gasteiger partial charge in [0.1, 0.15) is 4.90 Å². The molecule has 0 bridgehead atoms. The van der Waals surface area contributed by atoms with Crippen LogP contribution in [0.2, 0.25) is 0 Å². The van der Waals surface area contributed by atoms with Crippen molar-refractivity contribution < 1.29 is 8.42 Å². The van der Waals surface area contributed by atoms with Crippen molar-refractivity contribution in [3.63, 3.8) is 0 Å². The minimum absolute atomic E-state index is 0.139. The van der Waals surface area contributed by atoms with Gasteiger partial charge in [-0.25, -0.2) is 13.4 Å². The summed E-state index contributed by atoms with van der Waals surface area (Å²) < 4.78 is 26.1. The Labute approximate surface area is 116 Å². The molecule has 0 amide bonds. The lowest BCUT2D eigenvalue weighted by atomic mass is 10.3. The topological polar surface area (TPSA) is 76.3 Å². The monoisotopic (exact) mass is 297 g/mol. The van der Waals surface area contributed by atoms with Gasteiger partial charge in [0.2, 0.25) is 10.0 Å². The minimum Gasteiger partial charge on any atom is -0.398 e. The maximum atomic E-state index is 12.4. The molecule has 0 spiro atoms. The standard InChI is InChI=1S/C12H15N3O2S2/c1-9-11(18-8-14-9)7-15(2)19(16,17)12-6-4-3-5-10(12)13/h3-6,8H,7,13H2,1-2H3. The van der Waals surface area contributed by atoms with Crippen LogP contribution >= 0.6 is 11.3 Å². The van der Waals surface area contributed by atoms with E-state index in [1.54, 1.807) is 30.8 Å². The molecule has 0 saturated carbocycles. The fourth-order valence-electron chi connectivity index (χ4n) is 1.65. The van der Waals surface area contributed by atoms with Crippen LogP contribution in [0.3, 0.4) is 0 Å². The van der Waals surface area contributed by atoms with Crippen LogP contribution in [-0.2, 0) is 16.6 Å². The third-order valence-electron chi connectivity index (χ3n) is 2.82. The van der Waals surface area contributed by atoms with E-state index in [0.29, 0.717) is 6.54 Å². The van der Waals surface area contributed by atoms with Crippen LogP contribution in [0.4, 0.5) is 5.69 Å². The van der Waals surface area contributed by atoms with Crippen molar-refractivity contribution in [2.75, 3.05) is 12.8 Å². The molecule has 1 aromatic heterocycles. The van der Waals surface area contributed by atoms with Crippen molar-refractivity contribution in [2.45, 2.75) is 18.4 Å². The summed E-state index contributed by atoms with van der Waals surface area (Å²) in [4.78, 5) is 5.18. The van der Waals surface area contributed by atoms with Gasteiger partial charge in [-0.05, 0) is 19.1 Å². The summed E-state index contributed by atoms with van der Waals surface area (Å²) in [6.45, 7) is 2.16. The lowest BCUT2D eigenvalue weighted by Crippen LogP contribution is -2.27. The molecule has 0 saturated heterocycles. The van der Waals surface area contributed by atoms with Gasteiger partial charge in [0.25, 0.3) is 0 Å². The maximum absolute atomic E-state index is 12.4. The molecule has 0 aliphatic heterocycles. The molecule has 0 fully saturated rings. The predicted octanol–water partition coefficient (Wildman–Crippen LogP) is 1.85. The van der Waals surface area contributed by atoms with Gasteiger partial charge in [0.15, 0.2) is 0 Å². The summed E-state index contributed by atoms with van der Waals surface area (Å²) in [7, 11) is -2.03. The van der Waals surface area contributed by atoms with Crippen molar-refractivity contribution in [3.05, 3.63) is 40.3 Å². The second-order valence-corrected chi connectivity index (χ2v) is 7.11. The molecule has 0 aliphatic rings. The average molecular weight is 297 g/mol. The highest BCUT2D eigenvalue weighted by molar-refractivity contribution is 7.89. The van der Waals surface area contributed by atoms with Gasteiger partial charge >= 0.3 is 0 Å². The highest BCUT2D eigenvalue weighted by Gasteiger charge is 2.23. The van der Waals surface area contributed by atoms with E-state index in [9.17, 15) is 8.42 Å². The highest BCUT2D eigenvalue weighted by Crippen LogP contribution is 2.23. The number of nitrogens with zero attached hydrogens (tertiary/aromatic N) is 2. The Morgan fingerprint density at radius 2 is 2.05 bits per heavy atom. The third kappa shape index (κ3) is 2.78. The second-order valence-electron chi connectivity index (χ2n) is 4.16. The van der Waals surface area contributed by atoms with Gasteiger partial charge < -0.3 is 5.73 Å². The molecule has 0 aliphatic carbocycles. The summed E-state index contributed by atoms with van der Waals surface area (Å²) in [5, 5.41) is 0. The molecular formula is C12H15N3O2S2. The first kappa shape index (κ1) is 14.0. The number of hydrogen-bond acceptors (Lipinski definition) is 5. The first-order valence-electron chi connectivity index (χ1n) is 5.62. The summed E-state index contributed by atoms with van der Waals surface area (Å²) in [6.07, 6.45) is 0. The van der Waals surface area contributed by atoms with Crippen LogP contribution in [-0.4, -0.2) is 24.8 Å². The molecule has 2 N–H and O–H groups in total. The summed E-state index contributed by atoms with van der Waals surface area (Å²) >= 11 is 1.44. The Morgan fingerprint density at radius 1 is 1.37 bits per heavy atom. The fraction of sp³-hybridized carbons (Fsp3) is 0.250. The molecule has 0 unspecified atom stereocenters. The molecule has 5 nitrogen and oxygen atoms in total. The Bertz CT molecular complexity index is 680. The number of hydrogen-bond donors (Lipinski definition) is 1. The Morgan fingerprint density at radius 3 is 2.63 bits per heavy atom. The zero-order chi connectivity index (χ0) is 14.0. The molecule has 1 heterocycles. The summed E-state index contributed by atoms with van der Waals surface area (Å²) in [5.74, 6) is 0. The molecule has 102 valence electrons. The van der Waals surface area contributed by atoms with E-state index in [-0.39, 0.29) is 10.6 Å². The number of nitrogens with two attached hydrogens (primary N) is 1. The quantitative estimate of drug-likeness (QED) is 0.874. The molecule has 2 aromatic rings. The normalized spacial score (nSPS) is 11.9. The molecule has 7 heteroatoms. The Hall–Kier alpha value is -1.44. The highest BCUT2D eigenvalue weighted by atomic mass is 32.2. The van der Waals surface area contributed by atoms with Crippen molar-refractivity contribution in [1.82, 2.24) is 9.29 Å². The molecule has 2 rings (SSSR count). The van der Waals surface area contributed by atoms with Crippen LogP contribution in [0.5, 0.6) is 0 Å². The number of sulfonamides is 1. The molecule has 0 atom stereocenters. The van der Waals surface area contributed by atoms with E-state index in [4.69, 9.17) is 5.73 Å². The van der Waals surface area contributed by atoms with Crippen molar-refractivity contribution >= 4 is 27.0 Å². The largest absolute Gasteiger partial charge is 0.398 e.